The number of aliphatic hydroxyl groups is 1. The molecule has 0 aliphatic heterocycles. The Kier molecular flexibility index (Phi) is 7.44. The van der Waals surface area contributed by atoms with Gasteiger partial charge in [0.25, 0.3) is 0 Å². The second kappa shape index (κ2) is 10.4. The molecule has 2 fully saturated rings. The van der Waals surface area contributed by atoms with Gasteiger partial charge in [-0.25, -0.2) is 13.8 Å². The summed E-state index contributed by atoms with van der Waals surface area (Å²) in [5.41, 5.74) is -0.346. The topological polar surface area (TPSA) is 98.0 Å². The minimum absolute atomic E-state index is 0.0383. The zero-order valence-electron chi connectivity index (χ0n) is 20.5. The highest BCUT2D eigenvalue weighted by molar-refractivity contribution is 5.84. The number of benzene rings is 1. The second-order valence-electron chi connectivity index (χ2n) is 10.3. The van der Waals surface area contributed by atoms with Gasteiger partial charge in [0, 0.05) is 24.4 Å². The van der Waals surface area contributed by atoms with E-state index in [1.165, 1.54) is 31.4 Å². The van der Waals surface area contributed by atoms with E-state index in [2.05, 4.69) is 27.5 Å². The van der Waals surface area contributed by atoms with E-state index >= 15 is 0 Å². The molecule has 1 heterocycles. The van der Waals surface area contributed by atoms with Crippen LogP contribution < -0.4 is 16.0 Å². The molecule has 2 saturated carbocycles. The smallest absolute Gasteiger partial charge is 0.209 e. The molecule has 1 aromatic heterocycles. The lowest BCUT2D eigenvalue weighted by molar-refractivity contribution is 0.0186. The lowest BCUT2D eigenvalue weighted by Crippen LogP contribution is -2.33. The van der Waals surface area contributed by atoms with Crippen LogP contribution in [0.25, 0.3) is 0 Å². The average Bonchev–Trinajstić information content (AvgIpc) is 3.41. The summed E-state index contributed by atoms with van der Waals surface area (Å²) in [5.74, 6) is 0.258. The summed E-state index contributed by atoms with van der Waals surface area (Å²) < 4.78 is 29.9. The zero-order chi connectivity index (χ0) is 25.2. The molecule has 0 unspecified atom stereocenters. The summed E-state index contributed by atoms with van der Waals surface area (Å²) in [4.78, 5) is 4.57. The Morgan fingerprint density at radius 1 is 1.20 bits per heavy atom. The summed E-state index contributed by atoms with van der Waals surface area (Å²) in [6.07, 6.45) is 9.28. The minimum Gasteiger partial charge on any atom is -0.390 e. The largest absolute Gasteiger partial charge is 0.390 e. The van der Waals surface area contributed by atoms with E-state index < -0.39 is 17.2 Å². The maximum Gasteiger partial charge on any atom is 0.209 e. The molecule has 2 aliphatic rings. The quantitative estimate of drug-likeness (QED) is 0.288. The first kappa shape index (κ1) is 25.2. The van der Waals surface area contributed by atoms with Gasteiger partial charge in [0.05, 0.1) is 17.1 Å². The molecule has 35 heavy (non-hydrogen) atoms. The van der Waals surface area contributed by atoms with E-state index in [9.17, 15) is 13.9 Å². The zero-order valence-corrected chi connectivity index (χ0v) is 20.5. The summed E-state index contributed by atoms with van der Waals surface area (Å²) >= 11 is 0. The van der Waals surface area contributed by atoms with Crippen molar-refractivity contribution in [1.29, 1.82) is 5.41 Å². The van der Waals surface area contributed by atoms with Crippen LogP contribution in [0.5, 0.6) is 0 Å². The van der Waals surface area contributed by atoms with Crippen molar-refractivity contribution >= 4 is 23.7 Å². The third kappa shape index (κ3) is 5.83. The number of nitrogens with one attached hydrogen (secondary N) is 4. The molecule has 7 nitrogen and oxygen atoms in total. The summed E-state index contributed by atoms with van der Waals surface area (Å²) in [7, 11) is 0. The molecule has 5 N–H and O–H groups in total. The number of rotatable bonds is 9. The normalized spacial score (nSPS) is 21.1. The Morgan fingerprint density at radius 3 is 2.57 bits per heavy atom. The number of halogens is 2. The van der Waals surface area contributed by atoms with Crippen molar-refractivity contribution in [3.05, 3.63) is 47.9 Å². The van der Waals surface area contributed by atoms with Gasteiger partial charge < -0.3 is 26.5 Å². The van der Waals surface area contributed by atoms with E-state index in [1.54, 1.807) is 0 Å². The number of aromatic nitrogens is 2. The number of imidazole rings is 1. The molecule has 1 aromatic carbocycles. The standard InChI is InChI=1S/C26H36F2N6O/c1-16(30-19-7-5-4-6-8-19)31-24-23(15-29)33-25(32-22-12-10-18(27)14-21(22)28)34(24)20-11-9-17(13-20)26(2,3)35/h10,12,14-15,17,19-20,29-31,35H,1,4-9,11,13H2,2-3H3,(H,32,33)/t17-,20+/m0/s1. The van der Waals surface area contributed by atoms with Crippen LogP contribution >= 0.6 is 0 Å². The molecule has 2 aromatic rings. The Bertz CT molecular complexity index is 1070. The number of hydrogen-bond donors (Lipinski definition) is 5. The maximum atomic E-state index is 14.5. The Balaban J connectivity index is 1.67. The van der Waals surface area contributed by atoms with Crippen LogP contribution in [0.4, 0.5) is 26.2 Å². The maximum absolute atomic E-state index is 14.5. The molecular formula is C26H36F2N6O. The predicted molar refractivity (Wildman–Crippen MR) is 135 cm³/mol. The van der Waals surface area contributed by atoms with Gasteiger partial charge in [0.2, 0.25) is 5.95 Å². The highest BCUT2D eigenvalue weighted by Gasteiger charge is 2.37. The lowest BCUT2D eigenvalue weighted by atomic mass is 9.89. The van der Waals surface area contributed by atoms with E-state index in [4.69, 9.17) is 5.41 Å². The van der Waals surface area contributed by atoms with Crippen molar-refractivity contribution in [2.24, 2.45) is 5.92 Å². The van der Waals surface area contributed by atoms with E-state index in [0.29, 0.717) is 35.7 Å². The first-order chi connectivity index (χ1) is 16.7. The third-order valence-corrected chi connectivity index (χ3v) is 7.27. The van der Waals surface area contributed by atoms with Crippen molar-refractivity contribution in [1.82, 2.24) is 14.9 Å². The van der Waals surface area contributed by atoms with E-state index in [0.717, 1.165) is 38.0 Å². The highest BCUT2D eigenvalue weighted by atomic mass is 19.1. The van der Waals surface area contributed by atoms with Crippen LogP contribution in [0.2, 0.25) is 0 Å². The fraction of sp³-hybridized carbons (Fsp3) is 0.538. The fourth-order valence-corrected chi connectivity index (χ4v) is 5.34. The Morgan fingerprint density at radius 2 is 1.94 bits per heavy atom. The molecule has 0 radical (unpaired) electrons. The van der Waals surface area contributed by atoms with Crippen molar-refractivity contribution in [2.75, 3.05) is 10.6 Å². The summed E-state index contributed by atoms with van der Waals surface area (Å²) in [6, 6.07) is 3.65. The first-order valence-corrected chi connectivity index (χ1v) is 12.4. The van der Waals surface area contributed by atoms with Crippen LogP contribution in [0.1, 0.15) is 76.9 Å². The van der Waals surface area contributed by atoms with Gasteiger partial charge >= 0.3 is 0 Å². The number of nitrogens with zero attached hydrogens (tertiary/aromatic N) is 2. The van der Waals surface area contributed by atoms with Crippen molar-refractivity contribution in [3.63, 3.8) is 0 Å². The SMILES string of the molecule is C=C(Nc1c(C=N)nc(Nc2ccc(F)cc2F)n1[C@@H]1CC[C@H](C(C)(C)O)C1)NC1CCCCC1. The predicted octanol–water partition coefficient (Wildman–Crippen LogP) is 5.82. The van der Waals surface area contributed by atoms with Gasteiger partial charge in [-0.05, 0) is 64.0 Å². The first-order valence-electron chi connectivity index (χ1n) is 12.4. The molecule has 4 rings (SSSR count). The molecule has 0 spiro atoms. The molecule has 0 bridgehead atoms. The van der Waals surface area contributed by atoms with Crippen LogP contribution in [0.15, 0.2) is 30.6 Å². The number of hydrogen-bond acceptors (Lipinski definition) is 6. The van der Waals surface area contributed by atoms with Crippen molar-refractivity contribution < 1.29 is 13.9 Å². The monoisotopic (exact) mass is 486 g/mol. The average molecular weight is 487 g/mol. The second-order valence-corrected chi connectivity index (χ2v) is 10.3. The van der Waals surface area contributed by atoms with Gasteiger partial charge in [-0.1, -0.05) is 25.8 Å². The fourth-order valence-electron chi connectivity index (χ4n) is 5.34. The van der Waals surface area contributed by atoms with Crippen LogP contribution in [-0.2, 0) is 0 Å². The Hall–Kier alpha value is -2.94. The van der Waals surface area contributed by atoms with Gasteiger partial charge in [-0.2, -0.15) is 0 Å². The molecule has 0 saturated heterocycles. The van der Waals surface area contributed by atoms with E-state index in [1.807, 2.05) is 18.4 Å². The molecule has 2 atom stereocenters. The van der Waals surface area contributed by atoms with Crippen molar-refractivity contribution in [2.45, 2.75) is 82.9 Å². The molecule has 0 amide bonds. The van der Waals surface area contributed by atoms with Crippen LogP contribution in [0.3, 0.4) is 0 Å². The van der Waals surface area contributed by atoms with Crippen molar-refractivity contribution in [3.8, 4) is 0 Å². The lowest BCUT2D eigenvalue weighted by Gasteiger charge is -2.27. The summed E-state index contributed by atoms with van der Waals surface area (Å²) in [5, 5.41) is 28.4. The molecular weight excluding hydrogens is 450 g/mol. The molecule has 190 valence electrons. The number of anilines is 3. The highest BCUT2D eigenvalue weighted by Crippen LogP contribution is 2.44. The summed E-state index contributed by atoms with van der Waals surface area (Å²) in [6.45, 7) is 7.80. The third-order valence-electron chi connectivity index (χ3n) is 7.27. The van der Waals surface area contributed by atoms with Gasteiger partial charge in [0.1, 0.15) is 23.1 Å². The Labute approximate surface area is 205 Å². The molecule has 2 aliphatic carbocycles. The van der Waals surface area contributed by atoms with Gasteiger partial charge in [0.15, 0.2) is 0 Å². The van der Waals surface area contributed by atoms with E-state index in [-0.39, 0.29) is 17.6 Å². The van der Waals surface area contributed by atoms with Gasteiger partial charge in [-0.3, -0.25) is 4.57 Å². The van der Waals surface area contributed by atoms with Gasteiger partial charge in [-0.15, -0.1) is 0 Å². The minimum atomic E-state index is -0.823. The van der Waals surface area contributed by atoms with Crippen LogP contribution in [0, 0.1) is 23.0 Å². The molecule has 9 heteroatoms. The van der Waals surface area contributed by atoms with Crippen LogP contribution in [-0.4, -0.2) is 32.5 Å².